The van der Waals surface area contributed by atoms with Crippen molar-refractivity contribution >= 4 is 11.9 Å². The first-order valence-electron chi connectivity index (χ1n) is 5.01. The van der Waals surface area contributed by atoms with Gasteiger partial charge in [0.2, 0.25) is 5.91 Å². The lowest BCUT2D eigenvalue weighted by atomic mass is 10.2. The van der Waals surface area contributed by atoms with Gasteiger partial charge in [0.15, 0.2) is 0 Å². The topological polar surface area (TPSA) is 75.4 Å². The number of hydrogen-bond donors (Lipinski definition) is 2. The van der Waals surface area contributed by atoms with Crippen LogP contribution in [0.3, 0.4) is 0 Å². The van der Waals surface area contributed by atoms with E-state index in [0.717, 1.165) is 25.9 Å². The fourth-order valence-electron chi connectivity index (χ4n) is 1.59. The summed E-state index contributed by atoms with van der Waals surface area (Å²) in [7, 11) is 0. The van der Waals surface area contributed by atoms with Gasteiger partial charge >= 0.3 is 6.03 Å². The van der Waals surface area contributed by atoms with Crippen molar-refractivity contribution < 1.29 is 9.59 Å². The number of nitrogens with two attached hydrogens (primary N) is 1. The molecule has 3 N–H and O–H groups in total. The van der Waals surface area contributed by atoms with Crippen LogP contribution >= 0.6 is 0 Å². The lowest BCUT2D eigenvalue weighted by molar-refractivity contribution is -0.130. The molecular formula is C9H17N3O2. The zero-order valence-corrected chi connectivity index (χ0v) is 8.29. The summed E-state index contributed by atoms with van der Waals surface area (Å²) < 4.78 is 0. The molecule has 0 aromatic rings. The predicted molar refractivity (Wildman–Crippen MR) is 52.6 cm³/mol. The third-order valence-electron chi connectivity index (χ3n) is 2.37. The van der Waals surface area contributed by atoms with Crippen molar-refractivity contribution in [2.45, 2.75) is 25.7 Å². The molecule has 5 nitrogen and oxygen atoms in total. The van der Waals surface area contributed by atoms with E-state index in [1.54, 1.807) is 4.90 Å². The minimum Gasteiger partial charge on any atom is -0.352 e. The zero-order valence-electron chi connectivity index (χ0n) is 8.29. The first kappa shape index (κ1) is 10.8. The Labute approximate surface area is 83.6 Å². The van der Waals surface area contributed by atoms with Gasteiger partial charge in [-0.05, 0) is 12.8 Å². The van der Waals surface area contributed by atoms with E-state index in [-0.39, 0.29) is 12.5 Å². The largest absolute Gasteiger partial charge is 0.352 e. The van der Waals surface area contributed by atoms with E-state index >= 15 is 0 Å². The number of carbonyl (C=O) groups is 2. The second kappa shape index (κ2) is 5.47. The molecule has 0 spiro atoms. The Kier molecular flexibility index (Phi) is 4.22. The second-order valence-corrected chi connectivity index (χ2v) is 3.51. The fourth-order valence-corrected chi connectivity index (χ4v) is 1.59. The van der Waals surface area contributed by atoms with Gasteiger partial charge in [0.25, 0.3) is 0 Å². The molecule has 1 aliphatic rings. The number of primary amides is 1. The molecule has 0 aromatic heterocycles. The standard InChI is InChI=1S/C9H17N3O2/c10-9(14)11-7-8(13)12-5-3-1-2-4-6-12/h1-7H2,(H3,10,11,14). The van der Waals surface area contributed by atoms with Crippen molar-refractivity contribution in [2.75, 3.05) is 19.6 Å². The molecule has 1 saturated heterocycles. The minimum atomic E-state index is -0.645. The molecule has 1 aliphatic heterocycles. The van der Waals surface area contributed by atoms with Crippen LogP contribution in [0, 0.1) is 0 Å². The molecule has 0 saturated carbocycles. The van der Waals surface area contributed by atoms with Gasteiger partial charge in [-0.25, -0.2) is 4.79 Å². The van der Waals surface area contributed by atoms with Gasteiger partial charge in [-0.15, -0.1) is 0 Å². The van der Waals surface area contributed by atoms with E-state index in [9.17, 15) is 9.59 Å². The normalized spacial score (nSPS) is 17.3. The maximum Gasteiger partial charge on any atom is 0.312 e. The highest BCUT2D eigenvalue weighted by molar-refractivity contribution is 5.83. The molecular weight excluding hydrogens is 182 g/mol. The molecule has 0 unspecified atom stereocenters. The Bertz CT molecular complexity index is 210. The van der Waals surface area contributed by atoms with Crippen molar-refractivity contribution in [3.05, 3.63) is 0 Å². The van der Waals surface area contributed by atoms with Crippen LogP contribution in [-0.4, -0.2) is 36.5 Å². The third-order valence-corrected chi connectivity index (χ3v) is 2.37. The molecule has 1 fully saturated rings. The van der Waals surface area contributed by atoms with Crippen LogP contribution in [0.25, 0.3) is 0 Å². The summed E-state index contributed by atoms with van der Waals surface area (Å²) in [5.41, 5.74) is 4.88. The number of carbonyl (C=O) groups excluding carboxylic acids is 2. The minimum absolute atomic E-state index is 0.0231. The van der Waals surface area contributed by atoms with E-state index < -0.39 is 6.03 Å². The number of likely N-dealkylation sites (tertiary alicyclic amines) is 1. The van der Waals surface area contributed by atoms with E-state index in [1.807, 2.05) is 0 Å². The summed E-state index contributed by atoms with van der Waals surface area (Å²) in [6.45, 7) is 1.63. The van der Waals surface area contributed by atoms with Crippen LogP contribution in [0.5, 0.6) is 0 Å². The molecule has 0 radical (unpaired) electrons. The Morgan fingerprint density at radius 2 is 1.71 bits per heavy atom. The maximum atomic E-state index is 11.5. The van der Waals surface area contributed by atoms with Gasteiger partial charge in [0, 0.05) is 13.1 Å². The Morgan fingerprint density at radius 3 is 2.21 bits per heavy atom. The summed E-state index contributed by atoms with van der Waals surface area (Å²) in [6, 6.07) is -0.645. The van der Waals surface area contributed by atoms with Gasteiger partial charge < -0.3 is 16.0 Å². The van der Waals surface area contributed by atoms with Crippen LogP contribution < -0.4 is 11.1 Å². The Hall–Kier alpha value is -1.26. The number of nitrogens with one attached hydrogen (secondary N) is 1. The predicted octanol–water partition coefficient (Wildman–Crippen LogP) is 0.0573. The fraction of sp³-hybridized carbons (Fsp3) is 0.778. The SMILES string of the molecule is NC(=O)NCC(=O)N1CCCCCC1. The van der Waals surface area contributed by atoms with Gasteiger partial charge in [-0.3, -0.25) is 4.79 Å². The summed E-state index contributed by atoms with van der Waals surface area (Å²) in [4.78, 5) is 23.7. The molecule has 1 rings (SSSR count). The number of hydrogen-bond acceptors (Lipinski definition) is 2. The van der Waals surface area contributed by atoms with Crippen LogP contribution in [0.1, 0.15) is 25.7 Å². The van der Waals surface area contributed by atoms with Crippen LogP contribution in [0.15, 0.2) is 0 Å². The molecule has 80 valence electrons. The lowest BCUT2D eigenvalue weighted by Crippen LogP contribution is -2.42. The quantitative estimate of drug-likeness (QED) is 0.659. The molecule has 14 heavy (non-hydrogen) atoms. The number of nitrogens with zero attached hydrogens (tertiary/aromatic N) is 1. The zero-order chi connectivity index (χ0) is 10.4. The summed E-state index contributed by atoms with van der Waals surface area (Å²) in [5.74, 6) is -0.0364. The summed E-state index contributed by atoms with van der Waals surface area (Å²) in [5, 5.41) is 2.31. The highest BCUT2D eigenvalue weighted by atomic mass is 16.2. The van der Waals surface area contributed by atoms with Gasteiger partial charge in [-0.1, -0.05) is 12.8 Å². The lowest BCUT2D eigenvalue weighted by Gasteiger charge is -2.19. The van der Waals surface area contributed by atoms with Crippen LogP contribution in [-0.2, 0) is 4.79 Å². The summed E-state index contributed by atoms with van der Waals surface area (Å²) >= 11 is 0. The average Bonchev–Trinajstić information content (AvgIpc) is 2.42. The third kappa shape index (κ3) is 3.64. The summed E-state index contributed by atoms with van der Waals surface area (Å²) in [6.07, 6.45) is 4.49. The van der Waals surface area contributed by atoms with E-state index in [0.29, 0.717) is 0 Å². The molecule has 3 amide bonds. The van der Waals surface area contributed by atoms with Crippen molar-refractivity contribution in [2.24, 2.45) is 5.73 Å². The molecule has 5 heteroatoms. The highest BCUT2D eigenvalue weighted by Gasteiger charge is 2.14. The van der Waals surface area contributed by atoms with E-state index in [2.05, 4.69) is 5.32 Å². The van der Waals surface area contributed by atoms with Crippen molar-refractivity contribution in [1.29, 1.82) is 0 Å². The van der Waals surface area contributed by atoms with Crippen molar-refractivity contribution in [1.82, 2.24) is 10.2 Å². The molecule has 0 bridgehead atoms. The Morgan fingerprint density at radius 1 is 1.14 bits per heavy atom. The van der Waals surface area contributed by atoms with Gasteiger partial charge in [0.1, 0.15) is 0 Å². The first-order valence-corrected chi connectivity index (χ1v) is 5.01. The maximum absolute atomic E-state index is 11.5. The Balaban J connectivity index is 2.30. The molecule has 0 atom stereocenters. The molecule has 0 aromatic carbocycles. The van der Waals surface area contributed by atoms with Gasteiger partial charge in [0.05, 0.1) is 6.54 Å². The highest BCUT2D eigenvalue weighted by Crippen LogP contribution is 2.09. The van der Waals surface area contributed by atoms with Crippen LogP contribution in [0.2, 0.25) is 0 Å². The monoisotopic (exact) mass is 199 g/mol. The molecule has 1 heterocycles. The smallest absolute Gasteiger partial charge is 0.312 e. The number of rotatable bonds is 2. The van der Waals surface area contributed by atoms with Gasteiger partial charge in [-0.2, -0.15) is 0 Å². The van der Waals surface area contributed by atoms with Crippen molar-refractivity contribution in [3.8, 4) is 0 Å². The van der Waals surface area contributed by atoms with Crippen molar-refractivity contribution in [3.63, 3.8) is 0 Å². The second-order valence-electron chi connectivity index (χ2n) is 3.51. The molecule has 0 aliphatic carbocycles. The van der Waals surface area contributed by atoms with E-state index in [4.69, 9.17) is 5.73 Å². The van der Waals surface area contributed by atoms with E-state index in [1.165, 1.54) is 12.8 Å². The average molecular weight is 199 g/mol. The number of amides is 3. The first-order chi connectivity index (χ1) is 6.70. The number of urea groups is 1. The van der Waals surface area contributed by atoms with Crippen LogP contribution in [0.4, 0.5) is 4.79 Å².